The molecular weight excluding hydrogens is 264 g/mol. The minimum atomic E-state index is 0.00708. The van der Waals surface area contributed by atoms with Gasteiger partial charge in [-0.25, -0.2) is 0 Å². The standard InChI is InChI=1S/C17H22N2O2/c1-20-12-13-7-3-4-8-14(13)16(11-18)19-15-9-5-6-10-17(15)21-2/h3-10,16,19H,11-12,18H2,1-2H3. The lowest BCUT2D eigenvalue weighted by molar-refractivity contribution is 0.184. The van der Waals surface area contributed by atoms with Crippen molar-refractivity contribution in [2.75, 3.05) is 26.1 Å². The summed E-state index contributed by atoms with van der Waals surface area (Å²) in [5.41, 5.74) is 9.18. The second-order valence-corrected chi connectivity index (χ2v) is 4.76. The molecule has 0 saturated heterocycles. The molecule has 1 unspecified atom stereocenters. The molecule has 112 valence electrons. The molecule has 0 heterocycles. The van der Waals surface area contributed by atoms with Gasteiger partial charge in [-0.15, -0.1) is 0 Å². The van der Waals surface area contributed by atoms with Gasteiger partial charge in [0.05, 0.1) is 25.4 Å². The maximum absolute atomic E-state index is 5.97. The van der Waals surface area contributed by atoms with E-state index >= 15 is 0 Å². The summed E-state index contributed by atoms with van der Waals surface area (Å²) in [5.74, 6) is 0.806. The van der Waals surface area contributed by atoms with Crippen molar-refractivity contribution in [2.45, 2.75) is 12.6 Å². The van der Waals surface area contributed by atoms with E-state index < -0.39 is 0 Å². The van der Waals surface area contributed by atoms with Gasteiger partial charge in [-0.3, -0.25) is 0 Å². The van der Waals surface area contributed by atoms with E-state index in [0.29, 0.717) is 13.2 Å². The summed E-state index contributed by atoms with van der Waals surface area (Å²) in [7, 11) is 3.36. The summed E-state index contributed by atoms with van der Waals surface area (Å²) in [5, 5.41) is 3.46. The summed E-state index contributed by atoms with van der Waals surface area (Å²) in [6.45, 7) is 1.05. The van der Waals surface area contributed by atoms with Gasteiger partial charge in [0.25, 0.3) is 0 Å². The number of benzene rings is 2. The molecule has 1 atom stereocenters. The lowest BCUT2D eigenvalue weighted by atomic mass is 10.0. The van der Waals surface area contributed by atoms with Gasteiger partial charge in [0, 0.05) is 13.7 Å². The lowest BCUT2D eigenvalue weighted by Crippen LogP contribution is -2.22. The second-order valence-electron chi connectivity index (χ2n) is 4.76. The number of hydrogen-bond donors (Lipinski definition) is 2. The van der Waals surface area contributed by atoms with Crippen LogP contribution in [0.2, 0.25) is 0 Å². The molecule has 0 aliphatic rings. The second kappa shape index (κ2) is 7.67. The van der Waals surface area contributed by atoms with E-state index in [4.69, 9.17) is 15.2 Å². The van der Waals surface area contributed by atoms with Gasteiger partial charge in [-0.05, 0) is 23.3 Å². The van der Waals surface area contributed by atoms with Gasteiger partial charge in [-0.1, -0.05) is 36.4 Å². The predicted molar refractivity (Wildman–Crippen MR) is 85.6 cm³/mol. The minimum absolute atomic E-state index is 0.00708. The number of rotatable bonds is 7. The Morgan fingerprint density at radius 3 is 2.48 bits per heavy atom. The van der Waals surface area contributed by atoms with Crippen molar-refractivity contribution in [1.82, 2.24) is 0 Å². The molecule has 0 radical (unpaired) electrons. The van der Waals surface area contributed by atoms with Crippen LogP contribution in [0.5, 0.6) is 5.75 Å². The van der Waals surface area contributed by atoms with E-state index in [0.717, 1.165) is 22.6 Å². The van der Waals surface area contributed by atoms with Crippen LogP contribution in [0, 0.1) is 0 Å². The van der Waals surface area contributed by atoms with Crippen molar-refractivity contribution in [3.05, 3.63) is 59.7 Å². The Kier molecular flexibility index (Phi) is 5.60. The molecule has 0 aliphatic heterocycles. The van der Waals surface area contributed by atoms with Crippen molar-refractivity contribution in [3.8, 4) is 5.75 Å². The van der Waals surface area contributed by atoms with Crippen molar-refractivity contribution < 1.29 is 9.47 Å². The van der Waals surface area contributed by atoms with Crippen LogP contribution in [0.3, 0.4) is 0 Å². The highest BCUT2D eigenvalue weighted by Crippen LogP contribution is 2.28. The average molecular weight is 286 g/mol. The van der Waals surface area contributed by atoms with Gasteiger partial charge in [-0.2, -0.15) is 0 Å². The van der Waals surface area contributed by atoms with Crippen LogP contribution in [-0.4, -0.2) is 20.8 Å². The first-order chi connectivity index (χ1) is 10.3. The summed E-state index contributed by atoms with van der Waals surface area (Å²) >= 11 is 0. The first-order valence-electron chi connectivity index (χ1n) is 6.96. The molecular formula is C17H22N2O2. The Balaban J connectivity index is 2.28. The highest BCUT2D eigenvalue weighted by atomic mass is 16.5. The minimum Gasteiger partial charge on any atom is -0.495 e. The van der Waals surface area contributed by atoms with E-state index in [1.807, 2.05) is 36.4 Å². The van der Waals surface area contributed by atoms with Crippen molar-refractivity contribution >= 4 is 5.69 Å². The zero-order chi connectivity index (χ0) is 15.1. The fourth-order valence-electron chi connectivity index (χ4n) is 2.38. The van der Waals surface area contributed by atoms with E-state index in [1.165, 1.54) is 0 Å². The molecule has 0 saturated carbocycles. The number of para-hydroxylation sites is 2. The maximum Gasteiger partial charge on any atom is 0.141 e. The Bertz CT molecular complexity index is 572. The van der Waals surface area contributed by atoms with E-state index in [2.05, 4.69) is 17.4 Å². The molecule has 2 aromatic carbocycles. The molecule has 4 heteroatoms. The predicted octanol–water partition coefficient (Wildman–Crippen LogP) is 2.95. The Hall–Kier alpha value is -2.04. The molecule has 21 heavy (non-hydrogen) atoms. The third kappa shape index (κ3) is 3.74. The van der Waals surface area contributed by atoms with E-state index in [-0.39, 0.29) is 6.04 Å². The molecule has 0 amide bonds. The van der Waals surface area contributed by atoms with Crippen molar-refractivity contribution in [3.63, 3.8) is 0 Å². The highest BCUT2D eigenvalue weighted by molar-refractivity contribution is 5.57. The third-order valence-electron chi connectivity index (χ3n) is 3.40. The topological polar surface area (TPSA) is 56.5 Å². The number of methoxy groups -OCH3 is 2. The van der Waals surface area contributed by atoms with Crippen LogP contribution in [0.4, 0.5) is 5.69 Å². The van der Waals surface area contributed by atoms with Gasteiger partial charge in [0.1, 0.15) is 5.75 Å². The van der Waals surface area contributed by atoms with Gasteiger partial charge >= 0.3 is 0 Å². The lowest BCUT2D eigenvalue weighted by Gasteiger charge is -2.22. The Morgan fingerprint density at radius 2 is 1.76 bits per heavy atom. The largest absolute Gasteiger partial charge is 0.495 e. The number of nitrogens with one attached hydrogen (secondary N) is 1. The fourth-order valence-corrected chi connectivity index (χ4v) is 2.38. The van der Waals surface area contributed by atoms with Crippen LogP contribution in [-0.2, 0) is 11.3 Å². The number of nitrogens with two attached hydrogens (primary N) is 1. The highest BCUT2D eigenvalue weighted by Gasteiger charge is 2.15. The van der Waals surface area contributed by atoms with Crippen LogP contribution < -0.4 is 15.8 Å². The zero-order valence-corrected chi connectivity index (χ0v) is 12.5. The maximum atomic E-state index is 5.97. The molecule has 0 spiro atoms. The number of anilines is 1. The molecule has 3 N–H and O–H groups in total. The molecule has 4 nitrogen and oxygen atoms in total. The van der Waals surface area contributed by atoms with Gasteiger partial charge in [0.2, 0.25) is 0 Å². The summed E-state index contributed by atoms with van der Waals surface area (Å²) in [4.78, 5) is 0. The molecule has 2 aromatic rings. The van der Waals surface area contributed by atoms with Crippen molar-refractivity contribution in [1.29, 1.82) is 0 Å². The average Bonchev–Trinajstić information content (AvgIpc) is 2.54. The quantitative estimate of drug-likeness (QED) is 0.821. The van der Waals surface area contributed by atoms with Crippen LogP contribution in [0.1, 0.15) is 17.2 Å². The van der Waals surface area contributed by atoms with E-state index in [9.17, 15) is 0 Å². The van der Waals surface area contributed by atoms with Gasteiger partial charge < -0.3 is 20.5 Å². The van der Waals surface area contributed by atoms with E-state index in [1.54, 1.807) is 14.2 Å². The van der Waals surface area contributed by atoms with Crippen molar-refractivity contribution in [2.24, 2.45) is 5.73 Å². The van der Waals surface area contributed by atoms with Crippen LogP contribution >= 0.6 is 0 Å². The molecule has 0 fully saturated rings. The fraction of sp³-hybridized carbons (Fsp3) is 0.294. The molecule has 0 aliphatic carbocycles. The summed E-state index contributed by atoms with van der Waals surface area (Å²) < 4.78 is 10.6. The monoisotopic (exact) mass is 286 g/mol. The SMILES string of the molecule is COCc1ccccc1C(CN)Nc1ccccc1OC. The van der Waals surface area contributed by atoms with Crippen LogP contribution in [0.25, 0.3) is 0 Å². The summed E-state index contributed by atoms with van der Waals surface area (Å²) in [6.07, 6.45) is 0. The summed E-state index contributed by atoms with van der Waals surface area (Å²) in [6, 6.07) is 16.0. The molecule has 0 aromatic heterocycles. The number of ether oxygens (including phenoxy) is 2. The smallest absolute Gasteiger partial charge is 0.141 e. The Morgan fingerprint density at radius 1 is 1.05 bits per heavy atom. The first kappa shape index (κ1) is 15.4. The molecule has 0 bridgehead atoms. The third-order valence-corrected chi connectivity index (χ3v) is 3.40. The zero-order valence-electron chi connectivity index (χ0n) is 12.5. The van der Waals surface area contributed by atoms with Gasteiger partial charge in [0.15, 0.2) is 0 Å². The Labute approximate surface area is 125 Å². The molecule has 2 rings (SSSR count). The normalized spacial score (nSPS) is 12.0. The number of hydrogen-bond acceptors (Lipinski definition) is 4. The first-order valence-corrected chi connectivity index (χ1v) is 6.96. The van der Waals surface area contributed by atoms with Crippen LogP contribution in [0.15, 0.2) is 48.5 Å².